The Kier molecular flexibility index (Phi) is 5.00. The van der Waals surface area contributed by atoms with Crippen LogP contribution in [0.15, 0.2) is 54.6 Å². The average Bonchev–Trinajstić information content (AvgIpc) is 2.61. The van der Waals surface area contributed by atoms with E-state index in [4.69, 9.17) is 12.2 Å². The molecule has 0 saturated carbocycles. The number of benzene rings is 3. The maximum absolute atomic E-state index is 12.5. The Bertz CT molecular complexity index is 1080. The van der Waals surface area contributed by atoms with Gasteiger partial charge in [0.2, 0.25) is 0 Å². The van der Waals surface area contributed by atoms with E-state index in [2.05, 4.69) is 10.6 Å². The molecule has 0 aliphatic heterocycles. The minimum Gasteiger partial charge on any atom is -0.508 e. The van der Waals surface area contributed by atoms with Crippen LogP contribution < -0.4 is 10.6 Å². The lowest BCUT2D eigenvalue weighted by atomic mass is 10.1. The number of nitrogens with zero attached hydrogens (tertiary/aromatic N) is 1. The first-order valence-electron chi connectivity index (χ1n) is 7.95. The third kappa shape index (κ3) is 3.85. The number of nitrogens with one attached hydrogen (secondary N) is 2. The van der Waals surface area contributed by atoms with E-state index in [0.717, 1.165) is 10.8 Å². The number of aromatic hydroxyl groups is 1. The zero-order chi connectivity index (χ0) is 19.6. The molecule has 0 unspecified atom stereocenters. The number of nitro groups is 1. The molecule has 27 heavy (non-hydrogen) atoms. The lowest BCUT2D eigenvalue weighted by Crippen LogP contribution is -2.34. The normalized spacial score (nSPS) is 10.4. The molecular weight excluding hydrogens is 366 g/mol. The summed E-state index contributed by atoms with van der Waals surface area (Å²) in [5.74, 6) is -0.386. The number of anilines is 1. The van der Waals surface area contributed by atoms with Crippen molar-refractivity contribution in [1.29, 1.82) is 0 Å². The number of amides is 1. The highest BCUT2D eigenvalue weighted by atomic mass is 32.1. The van der Waals surface area contributed by atoms with Gasteiger partial charge in [0.05, 0.1) is 4.92 Å². The highest BCUT2D eigenvalue weighted by molar-refractivity contribution is 7.80. The summed E-state index contributed by atoms with van der Waals surface area (Å²) >= 11 is 5.20. The molecule has 1 amide bonds. The molecule has 0 bridgehead atoms. The van der Waals surface area contributed by atoms with E-state index in [-0.39, 0.29) is 27.7 Å². The monoisotopic (exact) mass is 381 g/mol. The van der Waals surface area contributed by atoms with E-state index in [1.807, 2.05) is 6.07 Å². The van der Waals surface area contributed by atoms with E-state index >= 15 is 0 Å². The number of hydrogen-bond acceptors (Lipinski definition) is 5. The van der Waals surface area contributed by atoms with Crippen LogP contribution in [-0.2, 0) is 0 Å². The Labute approximate surface area is 159 Å². The van der Waals surface area contributed by atoms with E-state index < -0.39 is 10.8 Å². The van der Waals surface area contributed by atoms with Crippen LogP contribution in [0.3, 0.4) is 0 Å². The molecule has 0 aliphatic rings. The molecule has 0 spiro atoms. The molecule has 7 nitrogen and oxygen atoms in total. The van der Waals surface area contributed by atoms with Crippen LogP contribution in [0.1, 0.15) is 15.9 Å². The van der Waals surface area contributed by atoms with Crippen molar-refractivity contribution in [3.8, 4) is 5.75 Å². The molecule has 136 valence electrons. The van der Waals surface area contributed by atoms with Crippen molar-refractivity contribution in [2.24, 2.45) is 0 Å². The van der Waals surface area contributed by atoms with Crippen LogP contribution in [0.2, 0.25) is 0 Å². The first-order chi connectivity index (χ1) is 12.9. The molecule has 3 aromatic rings. The molecule has 8 heteroatoms. The van der Waals surface area contributed by atoms with Gasteiger partial charge in [0.15, 0.2) is 5.11 Å². The van der Waals surface area contributed by atoms with E-state index in [0.29, 0.717) is 5.69 Å². The number of carbonyl (C=O) groups excluding carboxylic acids is 1. The Hall–Kier alpha value is -3.52. The topological polar surface area (TPSA) is 104 Å². The third-order valence-corrected chi connectivity index (χ3v) is 4.29. The highest BCUT2D eigenvalue weighted by Crippen LogP contribution is 2.26. The molecule has 0 atom stereocenters. The number of carbonyl (C=O) groups is 1. The van der Waals surface area contributed by atoms with Gasteiger partial charge in [0, 0.05) is 28.3 Å². The molecule has 3 N–H and O–H groups in total. The average molecular weight is 381 g/mol. The first-order valence-corrected chi connectivity index (χ1v) is 8.35. The summed E-state index contributed by atoms with van der Waals surface area (Å²) in [6, 6.07) is 14.6. The third-order valence-electron chi connectivity index (χ3n) is 4.09. The Balaban J connectivity index is 1.80. The fourth-order valence-corrected chi connectivity index (χ4v) is 2.97. The fourth-order valence-electron chi connectivity index (χ4n) is 2.77. The van der Waals surface area contributed by atoms with Crippen molar-refractivity contribution in [2.45, 2.75) is 6.92 Å². The number of thiocarbonyl (C=S) groups is 1. The van der Waals surface area contributed by atoms with Crippen molar-refractivity contribution in [1.82, 2.24) is 5.32 Å². The number of nitro benzene ring substituents is 1. The van der Waals surface area contributed by atoms with E-state index in [9.17, 15) is 20.0 Å². The largest absolute Gasteiger partial charge is 0.508 e. The summed E-state index contributed by atoms with van der Waals surface area (Å²) in [6.07, 6.45) is 0. The van der Waals surface area contributed by atoms with Crippen LogP contribution >= 0.6 is 12.2 Å². The van der Waals surface area contributed by atoms with Crippen LogP contribution in [0.4, 0.5) is 11.4 Å². The molecule has 3 rings (SSSR count). The van der Waals surface area contributed by atoms with Gasteiger partial charge in [-0.1, -0.05) is 18.2 Å². The van der Waals surface area contributed by atoms with Gasteiger partial charge in [-0.25, -0.2) is 0 Å². The van der Waals surface area contributed by atoms with Crippen molar-refractivity contribution in [2.75, 3.05) is 5.32 Å². The van der Waals surface area contributed by atoms with Crippen LogP contribution in [0, 0.1) is 17.0 Å². The number of hydrogen-bond donors (Lipinski definition) is 3. The van der Waals surface area contributed by atoms with Gasteiger partial charge in [0.1, 0.15) is 5.75 Å². The van der Waals surface area contributed by atoms with Gasteiger partial charge in [-0.2, -0.15) is 0 Å². The van der Waals surface area contributed by atoms with Gasteiger partial charge >= 0.3 is 0 Å². The van der Waals surface area contributed by atoms with Crippen LogP contribution in [0.25, 0.3) is 10.8 Å². The first kappa shape index (κ1) is 18.3. The number of rotatable bonds is 3. The van der Waals surface area contributed by atoms with Gasteiger partial charge in [0.25, 0.3) is 11.6 Å². The van der Waals surface area contributed by atoms with Crippen molar-refractivity contribution < 1.29 is 14.8 Å². The van der Waals surface area contributed by atoms with Crippen LogP contribution in [-0.4, -0.2) is 21.0 Å². The minimum absolute atomic E-state index is 0.0616. The standard InChI is InChI=1S/C19H15N3O4S/c1-11-14(5-3-7-17(11)22(25)26)18(24)21-19(27)20-16-6-2-4-12-10-13(23)8-9-15(12)16/h2-10,23H,1H3,(H2,20,21,24,27). The minimum atomic E-state index is -0.536. The summed E-state index contributed by atoms with van der Waals surface area (Å²) in [6.45, 7) is 1.51. The number of phenols is 1. The molecule has 0 heterocycles. The predicted octanol–water partition coefficient (Wildman–Crippen LogP) is 3.89. The predicted molar refractivity (Wildman–Crippen MR) is 107 cm³/mol. The van der Waals surface area contributed by atoms with Gasteiger partial charge in [-0.3, -0.25) is 20.2 Å². The summed E-state index contributed by atoms with van der Waals surface area (Å²) in [7, 11) is 0. The zero-order valence-electron chi connectivity index (χ0n) is 14.2. The Morgan fingerprint density at radius 1 is 1.15 bits per heavy atom. The summed E-state index contributed by atoms with van der Waals surface area (Å²) in [5, 5.41) is 27.8. The smallest absolute Gasteiger partial charge is 0.273 e. The summed E-state index contributed by atoms with van der Waals surface area (Å²) in [5.41, 5.74) is 0.976. The van der Waals surface area contributed by atoms with Crippen molar-refractivity contribution in [3.63, 3.8) is 0 Å². The van der Waals surface area contributed by atoms with E-state index in [1.165, 1.54) is 25.1 Å². The molecule has 0 saturated heterocycles. The molecular formula is C19H15N3O4S. The molecule has 0 radical (unpaired) electrons. The summed E-state index contributed by atoms with van der Waals surface area (Å²) in [4.78, 5) is 22.9. The van der Waals surface area contributed by atoms with Crippen molar-refractivity contribution in [3.05, 3.63) is 75.8 Å². The molecule has 0 aromatic heterocycles. The Morgan fingerprint density at radius 3 is 2.63 bits per heavy atom. The zero-order valence-corrected chi connectivity index (χ0v) is 15.0. The Morgan fingerprint density at radius 2 is 1.89 bits per heavy atom. The second-order valence-electron chi connectivity index (χ2n) is 5.83. The van der Waals surface area contributed by atoms with Gasteiger partial charge in [-0.05, 0) is 54.9 Å². The summed E-state index contributed by atoms with van der Waals surface area (Å²) < 4.78 is 0. The second-order valence-corrected chi connectivity index (χ2v) is 6.23. The molecule has 0 aliphatic carbocycles. The SMILES string of the molecule is Cc1c(C(=O)NC(=S)Nc2cccc3cc(O)ccc23)cccc1[N+](=O)[O-]. The number of phenolic OH excluding ortho intramolecular Hbond substituents is 1. The molecule has 3 aromatic carbocycles. The maximum Gasteiger partial charge on any atom is 0.273 e. The number of fused-ring (bicyclic) bond motifs is 1. The molecule has 0 fully saturated rings. The van der Waals surface area contributed by atoms with Crippen molar-refractivity contribution >= 4 is 45.4 Å². The highest BCUT2D eigenvalue weighted by Gasteiger charge is 2.18. The maximum atomic E-state index is 12.5. The van der Waals surface area contributed by atoms with Gasteiger partial charge < -0.3 is 10.4 Å². The lowest BCUT2D eigenvalue weighted by Gasteiger charge is -2.13. The quantitative estimate of drug-likeness (QED) is 0.361. The second kappa shape index (κ2) is 7.38. The lowest BCUT2D eigenvalue weighted by molar-refractivity contribution is -0.385. The van der Waals surface area contributed by atoms with Gasteiger partial charge in [-0.15, -0.1) is 0 Å². The fraction of sp³-hybridized carbons (Fsp3) is 0.0526. The van der Waals surface area contributed by atoms with E-state index in [1.54, 1.807) is 30.3 Å². The van der Waals surface area contributed by atoms with Crippen LogP contribution in [0.5, 0.6) is 5.75 Å².